The Bertz CT molecular complexity index is 6170. The molecule has 1 aliphatic heterocycles. The molecule has 10 heteroatoms. The molecule has 16 aromatic carbocycles. The van der Waals surface area contributed by atoms with Gasteiger partial charge < -0.3 is 9.31 Å². The normalized spacial score (nSPS) is 12.8. The van der Waals surface area contributed by atoms with Crippen molar-refractivity contribution in [2.75, 3.05) is 0 Å². The Morgan fingerprint density at radius 2 is 0.382 bits per heavy atom. The summed E-state index contributed by atoms with van der Waals surface area (Å²) < 4.78 is 13.5. The van der Waals surface area contributed by atoms with Crippen molar-refractivity contribution in [1.82, 2.24) is 29.9 Å². The molecule has 3 heterocycles. The van der Waals surface area contributed by atoms with Gasteiger partial charge in [-0.05, 0) is 144 Å². The van der Waals surface area contributed by atoms with Gasteiger partial charge >= 0.3 is 7.12 Å². The third-order valence-electron chi connectivity index (χ3n) is 20.9. The van der Waals surface area contributed by atoms with E-state index in [9.17, 15) is 0 Å². The molecule has 0 unspecified atom stereocenters. The highest BCUT2D eigenvalue weighted by molar-refractivity contribution is 9.10. The number of aromatic nitrogens is 6. The SMILES string of the molecule is Brc1ccc(-c2c(-c3ccccc3)c3ccccc3c3ccccc23)cc1.CC1(C)OB(c2ccc(-c3nc(-c4ccccc4)nc(-c4ccccc4)n3)cc2)OC1(C)C.c1ccc(-c2nc(-c3ccccc3)nc(-c3ccc(-c4ccc(-c5c(-c6ccccc6)c6ccccc6c6ccccc56)cc4)cc3)n2)cc1. The third kappa shape index (κ3) is 14.3. The van der Waals surface area contributed by atoms with E-state index in [0.717, 1.165) is 54.4 Å². The number of rotatable bonds is 12. The van der Waals surface area contributed by atoms with E-state index in [1.54, 1.807) is 0 Å². The second-order valence-electron chi connectivity index (χ2n) is 28.4. The molecule has 0 aliphatic carbocycles. The van der Waals surface area contributed by atoms with E-state index < -0.39 is 7.12 Å². The van der Waals surface area contributed by atoms with Crippen LogP contribution in [0.15, 0.2) is 381 Å². The van der Waals surface area contributed by atoms with Crippen molar-refractivity contribution in [2.45, 2.75) is 38.9 Å². The van der Waals surface area contributed by atoms with Crippen molar-refractivity contribution in [1.29, 1.82) is 0 Å². The smallest absolute Gasteiger partial charge is 0.399 e. The van der Waals surface area contributed by atoms with Gasteiger partial charge in [0.15, 0.2) is 34.9 Å². The lowest BCUT2D eigenvalue weighted by molar-refractivity contribution is 0.00578. The zero-order chi connectivity index (χ0) is 74.6. The van der Waals surface area contributed by atoms with E-state index in [4.69, 9.17) is 39.2 Å². The van der Waals surface area contributed by atoms with Gasteiger partial charge in [-0.25, -0.2) is 29.9 Å². The number of benzene rings is 16. The van der Waals surface area contributed by atoms with E-state index in [1.165, 1.54) is 87.6 Å². The molecule has 2 aromatic heterocycles. The lowest BCUT2D eigenvalue weighted by atomic mass is 9.79. The molecule has 8 nitrogen and oxygen atoms in total. The first-order valence-electron chi connectivity index (χ1n) is 37.1. The van der Waals surface area contributed by atoms with Gasteiger partial charge in [-0.2, -0.15) is 0 Å². The van der Waals surface area contributed by atoms with Crippen LogP contribution >= 0.6 is 15.9 Å². The molecule has 19 rings (SSSR count). The van der Waals surface area contributed by atoms with E-state index >= 15 is 0 Å². The first-order chi connectivity index (χ1) is 53.9. The molecule has 526 valence electrons. The predicted octanol–water partition coefficient (Wildman–Crippen LogP) is 25.4. The van der Waals surface area contributed by atoms with Crippen molar-refractivity contribution >= 4 is 71.6 Å². The van der Waals surface area contributed by atoms with Gasteiger partial charge in [0, 0.05) is 37.9 Å². The maximum atomic E-state index is 6.19. The average Bonchev–Trinajstić information content (AvgIpc) is 0.860. The molecular formula is C100H74BBrN6O2. The van der Waals surface area contributed by atoms with Crippen LogP contribution in [0.2, 0.25) is 0 Å². The van der Waals surface area contributed by atoms with Crippen molar-refractivity contribution < 1.29 is 9.31 Å². The molecule has 1 saturated heterocycles. The number of hydrogen-bond acceptors (Lipinski definition) is 8. The molecule has 0 saturated carbocycles. The standard InChI is InChI=1S/C47H31N3.C27H26BN3O2.C26H17Br/c1-4-14-34(15-5-1)43-41-22-12-10-20-39(41)40-21-11-13-23-42(40)44(43)35-28-24-32(25-29-35)33-26-30-38(31-27-33)47-49-45(36-16-6-2-7-17-36)48-46(50-47)37-18-8-3-9-19-37;1-26(2)27(3,4)33-28(32-26)22-17-15-21(16-18-22)25-30-23(19-11-7-5-8-12-19)29-24(31-25)20-13-9-6-10-14-20;27-20-16-14-19(15-17-20)26-24-13-7-5-11-22(24)21-10-4-6-12-23(21)25(26)18-8-2-1-3-9-18/h1-31H;5-18H,1-4H3;1-17H. The highest BCUT2D eigenvalue weighted by Crippen LogP contribution is 2.47. The Labute approximate surface area is 649 Å². The van der Waals surface area contributed by atoms with E-state index in [1.807, 2.05) is 146 Å². The quantitative estimate of drug-likeness (QED) is 0.0882. The zero-order valence-electron chi connectivity index (χ0n) is 61.3. The Hall–Kier alpha value is -13.0. The summed E-state index contributed by atoms with van der Waals surface area (Å²) in [5, 5.41) is 10.2. The molecule has 0 amide bonds. The minimum absolute atomic E-state index is 0.375. The monoisotopic (exact) mass is 1480 g/mol. The van der Waals surface area contributed by atoms with Crippen LogP contribution in [0, 0.1) is 0 Å². The van der Waals surface area contributed by atoms with Gasteiger partial charge in [0.05, 0.1) is 11.2 Å². The third-order valence-corrected chi connectivity index (χ3v) is 21.4. The van der Waals surface area contributed by atoms with E-state index in [-0.39, 0.29) is 11.2 Å². The summed E-state index contributed by atoms with van der Waals surface area (Å²) in [7, 11) is -0.401. The molecule has 18 aromatic rings. The van der Waals surface area contributed by atoms with Crippen LogP contribution in [0.5, 0.6) is 0 Å². The molecule has 1 fully saturated rings. The first-order valence-corrected chi connectivity index (χ1v) is 37.9. The van der Waals surface area contributed by atoms with Crippen molar-refractivity contribution in [3.8, 4) is 124 Å². The highest BCUT2D eigenvalue weighted by Gasteiger charge is 2.51. The van der Waals surface area contributed by atoms with Crippen LogP contribution in [0.1, 0.15) is 27.7 Å². The summed E-state index contributed by atoms with van der Waals surface area (Å²) in [5.41, 5.74) is 18.2. The summed E-state index contributed by atoms with van der Waals surface area (Å²) in [6, 6.07) is 131. The summed E-state index contributed by atoms with van der Waals surface area (Å²) >= 11 is 3.57. The van der Waals surface area contributed by atoms with E-state index in [0.29, 0.717) is 34.9 Å². The minimum Gasteiger partial charge on any atom is -0.399 e. The Morgan fingerprint density at radius 1 is 0.200 bits per heavy atom. The predicted molar refractivity (Wildman–Crippen MR) is 459 cm³/mol. The van der Waals surface area contributed by atoms with Crippen LogP contribution in [-0.2, 0) is 9.31 Å². The Morgan fingerprint density at radius 3 is 0.645 bits per heavy atom. The lowest BCUT2D eigenvalue weighted by Gasteiger charge is -2.32. The number of hydrogen-bond donors (Lipinski definition) is 0. The van der Waals surface area contributed by atoms with E-state index in [2.05, 4.69) is 274 Å². The van der Waals surface area contributed by atoms with Gasteiger partial charge in [0.2, 0.25) is 0 Å². The average molecular weight is 1480 g/mol. The Balaban J connectivity index is 0.000000127. The van der Waals surface area contributed by atoms with Crippen LogP contribution in [0.3, 0.4) is 0 Å². The van der Waals surface area contributed by atoms with Gasteiger partial charge in [0.25, 0.3) is 0 Å². The van der Waals surface area contributed by atoms with Crippen LogP contribution in [0.4, 0.5) is 0 Å². The molecule has 0 spiro atoms. The molecule has 0 N–H and O–H groups in total. The summed E-state index contributed by atoms with van der Waals surface area (Å²) in [6.07, 6.45) is 0. The van der Waals surface area contributed by atoms with Crippen LogP contribution < -0.4 is 5.46 Å². The first kappa shape index (κ1) is 70.1. The summed E-state index contributed by atoms with van der Waals surface area (Å²) in [6.45, 7) is 8.23. The number of nitrogens with zero attached hydrogens (tertiary/aromatic N) is 6. The largest absolute Gasteiger partial charge is 0.494 e. The maximum absolute atomic E-state index is 6.19. The molecule has 1 aliphatic rings. The number of fused-ring (bicyclic) bond motifs is 6. The Kier molecular flexibility index (Phi) is 19.6. The van der Waals surface area contributed by atoms with Crippen molar-refractivity contribution in [3.63, 3.8) is 0 Å². The van der Waals surface area contributed by atoms with Crippen LogP contribution in [0.25, 0.3) is 167 Å². The molecule has 0 atom stereocenters. The second-order valence-corrected chi connectivity index (χ2v) is 29.3. The van der Waals surface area contributed by atoms with Gasteiger partial charge in [-0.15, -0.1) is 0 Å². The fraction of sp³-hybridized carbons (Fsp3) is 0.0600. The van der Waals surface area contributed by atoms with Crippen molar-refractivity contribution in [3.05, 3.63) is 381 Å². The molecule has 0 bridgehead atoms. The fourth-order valence-corrected chi connectivity index (χ4v) is 14.9. The molecule has 0 radical (unpaired) electrons. The second kappa shape index (κ2) is 30.7. The number of halogens is 1. The van der Waals surface area contributed by atoms with Gasteiger partial charge in [-0.1, -0.05) is 380 Å². The molecular weight excluding hydrogens is 1410 g/mol. The molecule has 110 heavy (non-hydrogen) atoms. The van der Waals surface area contributed by atoms with Crippen LogP contribution in [-0.4, -0.2) is 48.2 Å². The summed E-state index contributed by atoms with van der Waals surface area (Å²) in [4.78, 5) is 29.0. The fourth-order valence-electron chi connectivity index (χ4n) is 14.6. The summed E-state index contributed by atoms with van der Waals surface area (Å²) in [5.74, 6) is 3.89. The maximum Gasteiger partial charge on any atom is 0.494 e. The zero-order valence-corrected chi connectivity index (χ0v) is 62.8. The highest BCUT2D eigenvalue weighted by atomic mass is 79.9. The topological polar surface area (TPSA) is 95.8 Å². The minimum atomic E-state index is -0.401. The lowest BCUT2D eigenvalue weighted by Crippen LogP contribution is -2.41. The van der Waals surface area contributed by atoms with Gasteiger partial charge in [-0.3, -0.25) is 0 Å². The van der Waals surface area contributed by atoms with Crippen molar-refractivity contribution in [2.24, 2.45) is 0 Å². The van der Waals surface area contributed by atoms with Gasteiger partial charge in [0.1, 0.15) is 0 Å².